The summed E-state index contributed by atoms with van der Waals surface area (Å²) in [6, 6.07) is 10.2. The summed E-state index contributed by atoms with van der Waals surface area (Å²) in [5, 5.41) is 20.5. The number of aryl methyl sites for hydroxylation is 1. The van der Waals surface area contributed by atoms with Gasteiger partial charge in [-0.25, -0.2) is 4.98 Å². The molecule has 0 atom stereocenters. The van der Waals surface area contributed by atoms with Gasteiger partial charge < -0.3 is 19.4 Å². The second-order valence-electron chi connectivity index (χ2n) is 5.21. The number of hydrogen-bond donors (Lipinski definition) is 3. The third-order valence-corrected chi connectivity index (χ3v) is 4.30. The number of aromatic nitrogens is 1. The molecule has 0 aliphatic carbocycles. The monoisotopic (exact) mass is 360 g/mol. The Hall–Kier alpha value is -2.23. The second kappa shape index (κ2) is 6.00. The Morgan fingerprint density at radius 3 is 2.67 bits per heavy atom. The van der Waals surface area contributed by atoms with Gasteiger partial charge in [0.2, 0.25) is 0 Å². The maximum atomic E-state index is 10.3. The van der Waals surface area contributed by atoms with E-state index in [2.05, 4.69) is 22.9 Å². The van der Waals surface area contributed by atoms with E-state index in [4.69, 9.17) is 9.79 Å². The van der Waals surface area contributed by atoms with Crippen LogP contribution < -0.4 is 4.52 Å². The number of hydrogen-bond acceptors (Lipinski definition) is 5. The quantitative estimate of drug-likeness (QED) is 0.487. The molecule has 0 aliphatic heterocycles. The van der Waals surface area contributed by atoms with Crippen LogP contribution in [0.3, 0.4) is 0 Å². The van der Waals surface area contributed by atoms with E-state index in [0.717, 1.165) is 5.39 Å². The molecular weight excluding hydrogens is 347 g/mol. The van der Waals surface area contributed by atoms with Crippen LogP contribution in [0.2, 0.25) is 0 Å². The van der Waals surface area contributed by atoms with Crippen molar-refractivity contribution in [1.29, 1.82) is 5.26 Å². The summed E-state index contributed by atoms with van der Waals surface area (Å²) in [5.41, 5.74) is 2.26. The van der Waals surface area contributed by atoms with Gasteiger partial charge in [0.25, 0.3) is 0 Å². The van der Waals surface area contributed by atoms with E-state index in [9.17, 15) is 14.9 Å². The molecule has 0 radical (unpaired) electrons. The minimum absolute atomic E-state index is 0.108. The zero-order valence-corrected chi connectivity index (χ0v) is 14.3. The standard InChI is InChI=1S/C16H13N2O4PS/c1-2-11-15(22-23(20,21)24)7-14(19)12-6-10-5-9(8-17)3-4-13(10)18-16(11)12/h3-7,19H,2H2,1H3,(H2,20,21,24). The number of benzene rings is 2. The van der Waals surface area contributed by atoms with Crippen molar-refractivity contribution in [2.24, 2.45) is 0 Å². The molecule has 0 spiro atoms. The first-order valence-corrected chi connectivity index (χ1v) is 9.69. The zero-order valence-electron chi connectivity index (χ0n) is 12.6. The fraction of sp³-hybridized carbons (Fsp3) is 0.125. The number of nitriles is 1. The lowest BCUT2D eigenvalue weighted by molar-refractivity contribution is 0.368. The Bertz CT molecular complexity index is 1060. The van der Waals surface area contributed by atoms with Gasteiger partial charge in [-0.05, 0) is 30.7 Å². The predicted octanol–water partition coefficient (Wildman–Crippen LogP) is 3.12. The van der Waals surface area contributed by atoms with Crippen molar-refractivity contribution < 1.29 is 19.4 Å². The van der Waals surface area contributed by atoms with Crippen molar-refractivity contribution in [2.75, 3.05) is 0 Å². The fourth-order valence-corrected chi connectivity index (χ4v) is 3.29. The van der Waals surface area contributed by atoms with E-state index in [0.29, 0.717) is 34.0 Å². The summed E-state index contributed by atoms with van der Waals surface area (Å²) in [6.45, 7) is -2.06. The molecule has 3 aromatic rings. The number of fused-ring (bicyclic) bond motifs is 2. The number of rotatable bonds is 3. The smallest absolute Gasteiger partial charge is 0.375 e. The van der Waals surface area contributed by atoms with E-state index in [1.54, 1.807) is 24.3 Å². The normalized spacial score (nSPS) is 11.6. The average molecular weight is 360 g/mol. The number of aromatic hydroxyl groups is 1. The van der Waals surface area contributed by atoms with Gasteiger partial charge in [-0.2, -0.15) is 5.26 Å². The molecule has 1 heterocycles. The fourth-order valence-electron chi connectivity index (χ4n) is 2.63. The SMILES string of the molecule is CCc1c(OP(O)(O)=S)cc(O)c2cc3cc(C#N)ccc3nc12. The summed E-state index contributed by atoms with van der Waals surface area (Å²) in [6.07, 6.45) is 0.496. The van der Waals surface area contributed by atoms with Crippen LogP contribution in [0, 0.1) is 11.3 Å². The number of nitrogens with zero attached hydrogens (tertiary/aromatic N) is 2. The summed E-state index contributed by atoms with van der Waals surface area (Å²) in [7, 11) is 0. The summed E-state index contributed by atoms with van der Waals surface area (Å²) < 4.78 is 5.06. The van der Waals surface area contributed by atoms with Gasteiger partial charge >= 0.3 is 6.72 Å². The Kier molecular flexibility index (Phi) is 4.16. The predicted molar refractivity (Wildman–Crippen MR) is 94.4 cm³/mol. The van der Waals surface area contributed by atoms with Crippen molar-refractivity contribution in [3.05, 3.63) is 41.5 Å². The third-order valence-electron chi connectivity index (χ3n) is 3.64. The molecule has 0 aliphatic rings. The molecule has 3 rings (SSSR count). The van der Waals surface area contributed by atoms with Gasteiger partial charge in [0.05, 0.1) is 22.7 Å². The molecule has 0 bridgehead atoms. The lowest BCUT2D eigenvalue weighted by Crippen LogP contribution is -1.97. The Morgan fingerprint density at radius 2 is 2.04 bits per heavy atom. The average Bonchev–Trinajstić information content (AvgIpc) is 2.52. The van der Waals surface area contributed by atoms with Crippen LogP contribution in [0.25, 0.3) is 21.8 Å². The molecule has 2 aromatic carbocycles. The van der Waals surface area contributed by atoms with Gasteiger partial charge in [0.1, 0.15) is 11.5 Å². The molecule has 122 valence electrons. The molecule has 1 aromatic heterocycles. The summed E-state index contributed by atoms with van der Waals surface area (Å²) >= 11 is 4.51. The third kappa shape index (κ3) is 3.05. The summed E-state index contributed by atoms with van der Waals surface area (Å²) in [4.78, 5) is 23.4. The van der Waals surface area contributed by atoms with E-state index < -0.39 is 6.72 Å². The zero-order chi connectivity index (χ0) is 17.5. The highest BCUT2D eigenvalue weighted by Crippen LogP contribution is 2.44. The van der Waals surface area contributed by atoms with Gasteiger partial charge in [0.15, 0.2) is 0 Å². The van der Waals surface area contributed by atoms with Crippen molar-refractivity contribution in [1.82, 2.24) is 4.98 Å². The van der Waals surface area contributed by atoms with Crippen molar-refractivity contribution in [3.63, 3.8) is 0 Å². The molecule has 24 heavy (non-hydrogen) atoms. The van der Waals surface area contributed by atoms with Crippen LogP contribution in [0.4, 0.5) is 0 Å². The van der Waals surface area contributed by atoms with Crippen molar-refractivity contribution in [2.45, 2.75) is 13.3 Å². The Labute approximate surface area is 142 Å². The highest BCUT2D eigenvalue weighted by molar-refractivity contribution is 8.06. The van der Waals surface area contributed by atoms with Gasteiger partial charge in [-0.1, -0.05) is 6.92 Å². The minimum Gasteiger partial charge on any atom is -0.507 e. The first-order chi connectivity index (χ1) is 11.3. The van der Waals surface area contributed by atoms with Crippen LogP contribution in [-0.2, 0) is 18.2 Å². The van der Waals surface area contributed by atoms with Crippen LogP contribution in [0.1, 0.15) is 18.1 Å². The molecule has 0 saturated heterocycles. The first kappa shape index (κ1) is 16.6. The van der Waals surface area contributed by atoms with Gasteiger partial charge in [-0.3, -0.25) is 0 Å². The minimum atomic E-state index is -3.93. The van der Waals surface area contributed by atoms with Crippen LogP contribution in [0.15, 0.2) is 30.3 Å². The molecular formula is C16H13N2O4PS. The number of phenolic OH excluding ortho intramolecular Hbond substituents is 1. The molecule has 0 amide bonds. The van der Waals surface area contributed by atoms with E-state index in [1.807, 2.05) is 6.92 Å². The highest BCUT2D eigenvalue weighted by atomic mass is 32.5. The Balaban J connectivity index is 2.35. The number of phenols is 1. The molecule has 6 nitrogen and oxygen atoms in total. The van der Waals surface area contributed by atoms with E-state index in [1.165, 1.54) is 6.07 Å². The van der Waals surface area contributed by atoms with Crippen LogP contribution >= 0.6 is 6.72 Å². The molecule has 0 unspecified atom stereocenters. The van der Waals surface area contributed by atoms with Gasteiger partial charge in [-0.15, -0.1) is 0 Å². The van der Waals surface area contributed by atoms with Crippen LogP contribution in [0.5, 0.6) is 11.5 Å². The van der Waals surface area contributed by atoms with Crippen LogP contribution in [-0.4, -0.2) is 19.9 Å². The first-order valence-electron chi connectivity index (χ1n) is 7.07. The topological polar surface area (TPSA) is 107 Å². The van der Waals surface area contributed by atoms with Crippen molar-refractivity contribution in [3.8, 4) is 17.6 Å². The largest absolute Gasteiger partial charge is 0.507 e. The van der Waals surface area contributed by atoms with E-state index in [-0.39, 0.29) is 11.5 Å². The maximum Gasteiger partial charge on any atom is 0.375 e. The van der Waals surface area contributed by atoms with E-state index >= 15 is 0 Å². The number of pyridine rings is 1. The maximum absolute atomic E-state index is 10.3. The molecule has 0 saturated carbocycles. The molecule has 0 fully saturated rings. The lowest BCUT2D eigenvalue weighted by atomic mass is 10.0. The highest BCUT2D eigenvalue weighted by Gasteiger charge is 2.19. The Morgan fingerprint density at radius 1 is 1.29 bits per heavy atom. The van der Waals surface area contributed by atoms with Gasteiger partial charge in [0, 0.05) is 34.2 Å². The van der Waals surface area contributed by atoms with Crippen molar-refractivity contribution >= 4 is 40.3 Å². The molecule has 3 N–H and O–H groups in total. The lowest BCUT2D eigenvalue weighted by Gasteiger charge is -2.16. The molecule has 8 heteroatoms. The summed E-state index contributed by atoms with van der Waals surface area (Å²) in [5.74, 6) is -0.00580. The second-order valence-corrected chi connectivity index (χ2v) is 7.80.